The van der Waals surface area contributed by atoms with Gasteiger partial charge in [0.1, 0.15) is 13.2 Å². The van der Waals surface area contributed by atoms with Gasteiger partial charge in [-0.1, -0.05) is 13.8 Å². The van der Waals surface area contributed by atoms with E-state index in [4.69, 9.17) is 9.47 Å². The largest absolute Gasteiger partial charge is 0.461 e. The Bertz CT molecular complexity index is 509. The van der Waals surface area contributed by atoms with E-state index < -0.39 is 0 Å². The molecule has 0 atom stereocenters. The van der Waals surface area contributed by atoms with Crippen molar-refractivity contribution in [1.82, 2.24) is 4.98 Å². The molecule has 20 heavy (non-hydrogen) atoms. The smallest absolute Gasteiger partial charge is 0.302 e. The number of esters is 2. The highest BCUT2D eigenvalue weighted by atomic mass is 16.5. The fourth-order valence-corrected chi connectivity index (χ4v) is 2.13. The fraction of sp³-hybridized carbons (Fsp3) is 0.533. The van der Waals surface area contributed by atoms with Crippen molar-refractivity contribution in [3.63, 3.8) is 0 Å². The Morgan fingerprint density at radius 2 is 1.70 bits per heavy atom. The summed E-state index contributed by atoms with van der Waals surface area (Å²) < 4.78 is 10.1. The number of carbonyl (C=O) groups excluding carboxylic acids is 2. The van der Waals surface area contributed by atoms with Gasteiger partial charge in [0.25, 0.3) is 0 Å². The number of hydrogen-bond acceptors (Lipinski definition) is 5. The maximum Gasteiger partial charge on any atom is 0.302 e. The Balaban J connectivity index is 3.17. The van der Waals surface area contributed by atoms with E-state index in [1.807, 2.05) is 6.92 Å². The molecule has 110 valence electrons. The van der Waals surface area contributed by atoms with E-state index in [0.29, 0.717) is 0 Å². The van der Waals surface area contributed by atoms with E-state index >= 15 is 0 Å². The lowest BCUT2D eigenvalue weighted by atomic mass is 9.93. The predicted molar refractivity (Wildman–Crippen MR) is 74.0 cm³/mol. The summed E-state index contributed by atoms with van der Waals surface area (Å²) in [5, 5.41) is 0. The zero-order valence-corrected chi connectivity index (χ0v) is 12.6. The van der Waals surface area contributed by atoms with Crippen molar-refractivity contribution >= 4 is 11.9 Å². The number of rotatable bonds is 5. The first-order valence-corrected chi connectivity index (χ1v) is 6.56. The third-order valence-corrected chi connectivity index (χ3v) is 2.94. The minimum atomic E-state index is -0.352. The van der Waals surface area contributed by atoms with Crippen LogP contribution in [0.3, 0.4) is 0 Å². The van der Waals surface area contributed by atoms with Crippen LogP contribution in [0.5, 0.6) is 0 Å². The van der Waals surface area contributed by atoms with E-state index in [2.05, 4.69) is 18.8 Å². The number of nitrogens with zero attached hydrogens (tertiary/aromatic N) is 1. The average molecular weight is 279 g/mol. The summed E-state index contributed by atoms with van der Waals surface area (Å²) in [6, 6.07) is 0. The number of hydrogen-bond donors (Lipinski definition) is 0. The van der Waals surface area contributed by atoms with Gasteiger partial charge in [-0.05, 0) is 18.4 Å². The second-order valence-electron chi connectivity index (χ2n) is 4.98. The number of aryl methyl sites for hydroxylation is 1. The van der Waals surface area contributed by atoms with Gasteiger partial charge in [-0.2, -0.15) is 0 Å². The predicted octanol–water partition coefficient (Wildman–Crippen LogP) is 2.64. The molecular weight excluding hydrogens is 258 g/mol. The van der Waals surface area contributed by atoms with Gasteiger partial charge in [-0.3, -0.25) is 14.6 Å². The van der Waals surface area contributed by atoms with Crippen molar-refractivity contribution < 1.29 is 19.1 Å². The summed E-state index contributed by atoms with van der Waals surface area (Å²) in [4.78, 5) is 26.3. The van der Waals surface area contributed by atoms with Gasteiger partial charge in [-0.25, -0.2) is 0 Å². The van der Waals surface area contributed by atoms with Gasteiger partial charge in [0, 0.05) is 36.9 Å². The molecule has 0 unspecified atom stereocenters. The van der Waals surface area contributed by atoms with Crippen LogP contribution in [0.4, 0.5) is 0 Å². The summed E-state index contributed by atoms with van der Waals surface area (Å²) in [6.45, 7) is 9.06. The maximum atomic E-state index is 11.0. The molecular formula is C15H21NO4. The van der Waals surface area contributed by atoms with E-state index in [1.54, 1.807) is 6.20 Å². The Kier molecular flexibility index (Phi) is 5.67. The van der Waals surface area contributed by atoms with Gasteiger partial charge in [0.15, 0.2) is 0 Å². The standard InChI is InChI=1S/C15H21NO4/c1-9(2)15-10(3)16-6-13(7-19-11(4)17)14(15)8-20-12(5)18/h6,9H,7-8H2,1-5H3. The molecule has 1 aromatic rings. The molecule has 0 aromatic carbocycles. The van der Waals surface area contributed by atoms with Crippen LogP contribution in [0.2, 0.25) is 0 Å². The third kappa shape index (κ3) is 4.33. The molecule has 0 amide bonds. The quantitative estimate of drug-likeness (QED) is 0.775. The van der Waals surface area contributed by atoms with E-state index in [1.165, 1.54) is 13.8 Å². The van der Waals surface area contributed by atoms with Crippen LogP contribution in [-0.4, -0.2) is 16.9 Å². The lowest BCUT2D eigenvalue weighted by Gasteiger charge is -2.18. The van der Waals surface area contributed by atoms with Crippen LogP contribution >= 0.6 is 0 Å². The SMILES string of the molecule is CC(=O)OCc1cnc(C)c(C(C)C)c1COC(C)=O. The van der Waals surface area contributed by atoms with E-state index in [0.717, 1.165) is 22.4 Å². The summed E-state index contributed by atoms with van der Waals surface area (Å²) in [6.07, 6.45) is 1.67. The second-order valence-corrected chi connectivity index (χ2v) is 4.98. The van der Waals surface area contributed by atoms with Crippen LogP contribution in [0.15, 0.2) is 6.20 Å². The topological polar surface area (TPSA) is 65.5 Å². The molecule has 0 radical (unpaired) electrons. The third-order valence-electron chi connectivity index (χ3n) is 2.94. The first-order valence-electron chi connectivity index (χ1n) is 6.56. The summed E-state index contributed by atoms with van der Waals surface area (Å²) >= 11 is 0. The van der Waals surface area contributed by atoms with Crippen molar-refractivity contribution in [2.24, 2.45) is 0 Å². The van der Waals surface area contributed by atoms with Gasteiger partial charge in [0.2, 0.25) is 0 Å². The minimum absolute atomic E-state index is 0.138. The number of aromatic nitrogens is 1. The fourth-order valence-electron chi connectivity index (χ4n) is 2.13. The van der Waals surface area contributed by atoms with E-state index in [9.17, 15) is 9.59 Å². The molecule has 0 spiro atoms. The van der Waals surface area contributed by atoms with Crippen LogP contribution in [0.1, 0.15) is 56.0 Å². The molecule has 0 bridgehead atoms. The number of ether oxygens (including phenoxy) is 2. The van der Waals surface area contributed by atoms with Crippen molar-refractivity contribution in [1.29, 1.82) is 0 Å². The molecule has 0 aliphatic rings. The Morgan fingerprint density at radius 1 is 1.15 bits per heavy atom. The molecule has 1 heterocycles. The van der Waals surface area contributed by atoms with Crippen molar-refractivity contribution in [2.45, 2.75) is 53.8 Å². The zero-order valence-electron chi connectivity index (χ0n) is 12.6. The Labute approximate surface area is 119 Å². The molecule has 0 saturated carbocycles. The van der Waals surface area contributed by atoms with Gasteiger partial charge in [0.05, 0.1) is 0 Å². The van der Waals surface area contributed by atoms with Crippen LogP contribution < -0.4 is 0 Å². The zero-order chi connectivity index (χ0) is 15.3. The maximum absolute atomic E-state index is 11.0. The molecule has 0 N–H and O–H groups in total. The minimum Gasteiger partial charge on any atom is -0.461 e. The Morgan fingerprint density at radius 3 is 2.20 bits per heavy atom. The van der Waals surface area contributed by atoms with E-state index in [-0.39, 0.29) is 31.1 Å². The normalized spacial score (nSPS) is 10.5. The van der Waals surface area contributed by atoms with Gasteiger partial charge in [-0.15, -0.1) is 0 Å². The summed E-state index contributed by atoms with van der Waals surface area (Å²) in [5.41, 5.74) is 3.59. The van der Waals surface area contributed by atoms with Crippen molar-refractivity contribution in [3.8, 4) is 0 Å². The number of carbonyl (C=O) groups is 2. The van der Waals surface area contributed by atoms with Crippen molar-refractivity contribution in [3.05, 3.63) is 28.6 Å². The van der Waals surface area contributed by atoms with Crippen LogP contribution in [0, 0.1) is 6.92 Å². The monoisotopic (exact) mass is 279 g/mol. The van der Waals surface area contributed by atoms with Crippen LogP contribution in [-0.2, 0) is 32.3 Å². The molecule has 1 aromatic heterocycles. The Hall–Kier alpha value is -1.91. The second kappa shape index (κ2) is 7.03. The first kappa shape index (κ1) is 16.1. The number of pyridine rings is 1. The van der Waals surface area contributed by atoms with Gasteiger partial charge < -0.3 is 9.47 Å². The molecule has 0 aliphatic carbocycles. The summed E-state index contributed by atoms with van der Waals surface area (Å²) in [7, 11) is 0. The molecule has 1 rings (SSSR count). The molecule has 0 saturated heterocycles. The van der Waals surface area contributed by atoms with Gasteiger partial charge >= 0.3 is 11.9 Å². The highest BCUT2D eigenvalue weighted by molar-refractivity contribution is 5.66. The molecule has 0 aliphatic heterocycles. The average Bonchev–Trinajstić information content (AvgIpc) is 2.34. The van der Waals surface area contributed by atoms with Crippen LogP contribution in [0.25, 0.3) is 0 Å². The lowest BCUT2D eigenvalue weighted by Crippen LogP contribution is -2.11. The lowest BCUT2D eigenvalue weighted by molar-refractivity contribution is -0.144. The van der Waals surface area contributed by atoms with Crippen molar-refractivity contribution in [2.75, 3.05) is 0 Å². The molecule has 5 heteroatoms. The molecule has 5 nitrogen and oxygen atoms in total. The highest BCUT2D eigenvalue weighted by Gasteiger charge is 2.17. The molecule has 0 fully saturated rings. The highest BCUT2D eigenvalue weighted by Crippen LogP contribution is 2.26. The first-order chi connectivity index (χ1) is 9.32. The summed E-state index contributed by atoms with van der Waals surface area (Å²) in [5.74, 6) is -0.451.